The molecule has 19 heteroatoms. The van der Waals surface area contributed by atoms with Crippen LogP contribution in [0.3, 0.4) is 0 Å². The number of aliphatic hydroxyl groups excluding tert-OH is 1. The van der Waals surface area contributed by atoms with Gasteiger partial charge in [-0.25, -0.2) is 9.13 Å². The summed E-state index contributed by atoms with van der Waals surface area (Å²) in [4.78, 5) is 73.0. The van der Waals surface area contributed by atoms with Gasteiger partial charge in [-0.3, -0.25) is 37.3 Å². The number of unbranched alkanes of at least 4 members (excludes halogenated alkanes) is 48. The van der Waals surface area contributed by atoms with Crippen LogP contribution in [0.5, 0.6) is 0 Å². The molecule has 101 heavy (non-hydrogen) atoms. The van der Waals surface area contributed by atoms with Crippen LogP contribution in [0.2, 0.25) is 0 Å². The first kappa shape index (κ1) is 99.1. The van der Waals surface area contributed by atoms with E-state index in [2.05, 4.69) is 48.5 Å². The lowest BCUT2D eigenvalue weighted by Gasteiger charge is -2.21. The van der Waals surface area contributed by atoms with Crippen molar-refractivity contribution in [2.45, 2.75) is 446 Å². The van der Waals surface area contributed by atoms with Gasteiger partial charge in [0.25, 0.3) is 0 Å². The van der Waals surface area contributed by atoms with Crippen LogP contribution in [-0.2, 0) is 65.4 Å². The Morgan fingerprint density at radius 1 is 0.267 bits per heavy atom. The number of phosphoric ester groups is 2. The number of esters is 4. The van der Waals surface area contributed by atoms with E-state index in [-0.39, 0.29) is 25.7 Å². The molecule has 0 aliphatic carbocycles. The molecule has 0 aromatic rings. The summed E-state index contributed by atoms with van der Waals surface area (Å²) in [5.41, 5.74) is 0. The van der Waals surface area contributed by atoms with Gasteiger partial charge in [0.05, 0.1) is 26.4 Å². The van der Waals surface area contributed by atoms with Crippen LogP contribution in [-0.4, -0.2) is 96.7 Å². The molecule has 3 N–H and O–H groups in total. The third kappa shape index (κ3) is 76.1. The van der Waals surface area contributed by atoms with Crippen molar-refractivity contribution < 1.29 is 80.2 Å². The first-order valence-electron chi connectivity index (χ1n) is 42.3. The summed E-state index contributed by atoms with van der Waals surface area (Å²) >= 11 is 0. The van der Waals surface area contributed by atoms with Crippen molar-refractivity contribution in [2.24, 2.45) is 17.8 Å². The van der Waals surface area contributed by atoms with Gasteiger partial charge in [-0.1, -0.05) is 376 Å². The van der Waals surface area contributed by atoms with Gasteiger partial charge >= 0.3 is 39.5 Å². The van der Waals surface area contributed by atoms with Gasteiger partial charge in [-0.15, -0.1) is 0 Å². The topological polar surface area (TPSA) is 237 Å². The molecular formula is C82H160O17P2. The Morgan fingerprint density at radius 3 is 0.673 bits per heavy atom. The van der Waals surface area contributed by atoms with Gasteiger partial charge in [-0.05, 0) is 43.4 Å². The Morgan fingerprint density at radius 2 is 0.455 bits per heavy atom. The molecule has 5 atom stereocenters. The molecule has 0 aliphatic rings. The molecule has 0 spiro atoms. The van der Waals surface area contributed by atoms with Crippen molar-refractivity contribution in [1.82, 2.24) is 0 Å². The standard InChI is InChI=1S/C82H160O17P2/c1-8-9-10-11-12-13-14-15-16-17-20-27-32-37-42-51-58-66-82(87)99-78(70-93-80(85)64-57-50-45-44-48-55-62-75(6)7)72-97-101(90,91)95-68-76(83)67-94-100(88,89)96-71-77(69-92-79(84)63-56-49-41-36-31-26-23-22-25-30-35-40-47-54-61-74(4)5)98-81(86)65-59-52-43-38-33-28-21-18-19-24-29-34-39-46-53-60-73(2)3/h73-78,83H,8-72H2,1-7H3,(H,88,89)(H,90,91)/t76-,77-,78-/m1/s1. The van der Waals surface area contributed by atoms with Crippen LogP contribution < -0.4 is 0 Å². The van der Waals surface area contributed by atoms with E-state index in [4.69, 9.17) is 37.0 Å². The lowest BCUT2D eigenvalue weighted by atomic mass is 10.0. The van der Waals surface area contributed by atoms with Gasteiger partial charge in [-0.2, -0.15) is 0 Å². The van der Waals surface area contributed by atoms with E-state index in [0.29, 0.717) is 31.6 Å². The number of carbonyl (C=O) groups excluding carboxylic acids is 4. The minimum absolute atomic E-state index is 0.107. The fourth-order valence-electron chi connectivity index (χ4n) is 12.7. The highest BCUT2D eigenvalue weighted by Gasteiger charge is 2.30. The van der Waals surface area contributed by atoms with Crippen LogP contribution in [0.4, 0.5) is 0 Å². The van der Waals surface area contributed by atoms with Crippen molar-refractivity contribution in [1.29, 1.82) is 0 Å². The number of hydrogen-bond acceptors (Lipinski definition) is 15. The second kappa shape index (κ2) is 72.3. The molecule has 0 saturated carbocycles. The maximum absolute atomic E-state index is 13.1. The molecule has 0 aromatic carbocycles. The second-order valence-electron chi connectivity index (χ2n) is 30.9. The SMILES string of the molecule is CCCCCCCCCCCCCCCCCCCC(=O)O[C@H](COC(=O)CCCCCCCCC(C)C)COP(=O)(O)OC[C@H](O)COP(=O)(O)OC[C@@H](COC(=O)CCCCCCCCCCCCCCCCC(C)C)OC(=O)CCCCCCCCCCCCCCCCCC(C)C. The van der Waals surface area contributed by atoms with E-state index in [9.17, 15) is 43.2 Å². The maximum atomic E-state index is 13.1. The van der Waals surface area contributed by atoms with Gasteiger partial charge in [0, 0.05) is 25.7 Å². The van der Waals surface area contributed by atoms with E-state index in [1.165, 1.54) is 231 Å². The van der Waals surface area contributed by atoms with E-state index >= 15 is 0 Å². The van der Waals surface area contributed by atoms with Crippen LogP contribution in [0.25, 0.3) is 0 Å². The van der Waals surface area contributed by atoms with Gasteiger partial charge in [0.2, 0.25) is 0 Å². The summed E-state index contributed by atoms with van der Waals surface area (Å²) in [6.45, 7) is 11.9. The number of carbonyl (C=O) groups is 4. The molecule has 0 fully saturated rings. The lowest BCUT2D eigenvalue weighted by molar-refractivity contribution is -0.161. The monoisotopic (exact) mass is 1480 g/mol. The average molecular weight is 1480 g/mol. The van der Waals surface area contributed by atoms with Gasteiger partial charge < -0.3 is 33.8 Å². The van der Waals surface area contributed by atoms with E-state index in [0.717, 1.165) is 108 Å². The van der Waals surface area contributed by atoms with Crippen molar-refractivity contribution in [3.05, 3.63) is 0 Å². The Kier molecular flexibility index (Phi) is 70.9. The number of ether oxygens (including phenoxy) is 4. The van der Waals surface area contributed by atoms with Crippen molar-refractivity contribution in [2.75, 3.05) is 39.6 Å². The molecular weight excluding hydrogens is 1320 g/mol. The van der Waals surface area contributed by atoms with E-state index < -0.39 is 97.5 Å². The minimum atomic E-state index is -4.96. The average Bonchev–Trinajstić information content (AvgIpc) is 0.931. The second-order valence-corrected chi connectivity index (χ2v) is 33.8. The zero-order valence-corrected chi connectivity index (χ0v) is 68.2. The van der Waals surface area contributed by atoms with Crippen LogP contribution in [0.15, 0.2) is 0 Å². The van der Waals surface area contributed by atoms with Crippen LogP contribution >= 0.6 is 15.6 Å². The Hall–Kier alpha value is -1.94. The van der Waals surface area contributed by atoms with Crippen LogP contribution in [0.1, 0.15) is 427 Å². The highest BCUT2D eigenvalue weighted by Crippen LogP contribution is 2.45. The third-order valence-electron chi connectivity index (χ3n) is 19.1. The molecule has 0 radical (unpaired) electrons. The molecule has 0 saturated heterocycles. The zero-order chi connectivity index (χ0) is 74.4. The highest BCUT2D eigenvalue weighted by atomic mass is 31.2. The summed E-state index contributed by atoms with van der Waals surface area (Å²) in [7, 11) is -9.92. The number of hydrogen-bond donors (Lipinski definition) is 3. The highest BCUT2D eigenvalue weighted by molar-refractivity contribution is 7.47. The number of aliphatic hydroxyl groups is 1. The van der Waals surface area contributed by atoms with Crippen molar-refractivity contribution in [3.8, 4) is 0 Å². The lowest BCUT2D eigenvalue weighted by Crippen LogP contribution is -2.30. The maximum Gasteiger partial charge on any atom is 0.472 e. The quantitative estimate of drug-likeness (QED) is 0.0222. The zero-order valence-electron chi connectivity index (χ0n) is 66.4. The Balaban J connectivity index is 5.22. The molecule has 0 rings (SSSR count). The predicted octanol–water partition coefficient (Wildman–Crippen LogP) is 24.5. The van der Waals surface area contributed by atoms with Crippen molar-refractivity contribution in [3.63, 3.8) is 0 Å². The summed E-state index contributed by atoms with van der Waals surface area (Å²) in [6.07, 6.45) is 61.2. The summed E-state index contributed by atoms with van der Waals surface area (Å²) < 4.78 is 68.7. The van der Waals surface area contributed by atoms with Gasteiger partial charge in [0.1, 0.15) is 19.3 Å². The molecule has 0 aromatic heterocycles. The first-order chi connectivity index (χ1) is 48.7. The largest absolute Gasteiger partial charge is 0.472 e. The van der Waals surface area contributed by atoms with E-state index in [1.807, 2.05) is 0 Å². The van der Waals surface area contributed by atoms with Gasteiger partial charge in [0.15, 0.2) is 12.2 Å². The first-order valence-corrected chi connectivity index (χ1v) is 45.3. The molecule has 0 bridgehead atoms. The predicted molar refractivity (Wildman–Crippen MR) is 414 cm³/mol. The molecule has 0 heterocycles. The van der Waals surface area contributed by atoms with Crippen LogP contribution in [0, 0.1) is 17.8 Å². The normalized spacial score (nSPS) is 14.0. The van der Waals surface area contributed by atoms with E-state index in [1.54, 1.807) is 0 Å². The third-order valence-corrected chi connectivity index (χ3v) is 21.0. The molecule has 2 unspecified atom stereocenters. The smallest absolute Gasteiger partial charge is 0.462 e. The van der Waals surface area contributed by atoms with Crippen molar-refractivity contribution >= 4 is 39.5 Å². The Labute approximate surface area is 619 Å². The fraction of sp³-hybridized carbons (Fsp3) is 0.951. The molecule has 600 valence electrons. The molecule has 0 aliphatic heterocycles. The minimum Gasteiger partial charge on any atom is -0.462 e. The number of phosphoric acid groups is 2. The fourth-order valence-corrected chi connectivity index (χ4v) is 14.2. The molecule has 0 amide bonds. The molecule has 17 nitrogen and oxygen atoms in total. The summed E-state index contributed by atoms with van der Waals surface area (Å²) in [6, 6.07) is 0. The Bertz CT molecular complexity index is 1960. The number of rotatable bonds is 80. The summed E-state index contributed by atoms with van der Waals surface area (Å²) in [5, 5.41) is 10.6. The summed E-state index contributed by atoms with van der Waals surface area (Å²) in [5.74, 6) is 0.170.